The summed E-state index contributed by atoms with van der Waals surface area (Å²) in [6, 6.07) is 4.17. The number of hydrogen-bond acceptors (Lipinski definition) is 4. The van der Waals surface area contributed by atoms with E-state index in [0.717, 1.165) is 6.26 Å². The maximum atomic E-state index is 12.3. The van der Waals surface area contributed by atoms with E-state index in [4.69, 9.17) is 11.6 Å². The van der Waals surface area contributed by atoms with Crippen molar-refractivity contribution in [1.29, 1.82) is 0 Å². The Hall–Kier alpha value is -1.31. The predicted octanol–water partition coefficient (Wildman–Crippen LogP) is 0.763. The summed E-state index contributed by atoms with van der Waals surface area (Å²) < 4.78 is 24.1. The molecule has 1 heterocycles. The van der Waals surface area contributed by atoms with Crippen molar-refractivity contribution in [2.45, 2.75) is 0 Å². The highest BCUT2D eigenvalue weighted by Gasteiger charge is 2.27. The van der Waals surface area contributed by atoms with E-state index in [1.54, 1.807) is 0 Å². The summed E-state index contributed by atoms with van der Waals surface area (Å²) in [5, 5.41) is 9.68. The van der Waals surface area contributed by atoms with Crippen molar-refractivity contribution in [3.8, 4) is 5.75 Å². The number of phenols is 1. The van der Waals surface area contributed by atoms with Crippen LogP contribution in [0.5, 0.6) is 5.75 Å². The fraction of sp³-hybridized carbons (Fsp3) is 0.417. The quantitative estimate of drug-likeness (QED) is 0.873. The molecule has 0 saturated carbocycles. The molecule has 1 aromatic carbocycles. The topological polar surface area (TPSA) is 77.9 Å². The molecule has 20 heavy (non-hydrogen) atoms. The highest BCUT2D eigenvalue weighted by Crippen LogP contribution is 2.23. The van der Waals surface area contributed by atoms with Gasteiger partial charge in [-0.2, -0.15) is 4.31 Å². The van der Waals surface area contributed by atoms with E-state index in [1.807, 2.05) is 0 Å². The van der Waals surface area contributed by atoms with Gasteiger partial charge in [0.15, 0.2) is 0 Å². The zero-order valence-corrected chi connectivity index (χ0v) is 12.5. The van der Waals surface area contributed by atoms with Crippen molar-refractivity contribution in [2.24, 2.45) is 0 Å². The van der Waals surface area contributed by atoms with Crippen molar-refractivity contribution < 1.29 is 18.3 Å². The average Bonchev–Trinajstić information content (AvgIpc) is 2.40. The molecule has 1 saturated heterocycles. The minimum Gasteiger partial charge on any atom is -0.508 e. The number of rotatable bonds is 2. The Morgan fingerprint density at radius 3 is 2.40 bits per heavy atom. The fourth-order valence-corrected chi connectivity index (χ4v) is 3.10. The molecule has 110 valence electrons. The number of nitrogens with zero attached hydrogens (tertiary/aromatic N) is 2. The van der Waals surface area contributed by atoms with Gasteiger partial charge in [-0.15, -0.1) is 0 Å². The maximum absolute atomic E-state index is 12.3. The molecule has 0 bridgehead atoms. The maximum Gasteiger partial charge on any atom is 0.255 e. The highest BCUT2D eigenvalue weighted by molar-refractivity contribution is 7.88. The number of carbonyl (C=O) groups is 1. The third-order valence-corrected chi connectivity index (χ3v) is 4.81. The minimum atomic E-state index is -3.23. The van der Waals surface area contributed by atoms with Crippen LogP contribution in [0.15, 0.2) is 18.2 Å². The van der Waals surface area contributed by atoms with Gasteiger partial charge in [-0.05, 0) is 18.2 Å². The summed E-state index contributed by atoms with van der Waals surface area (Å²) in [6.07, 6.45) is 1.15. The van der Waals surface area contributed by atoms with Crippen molar-refractivity contribution >= 4 is 27.5 Å². The number of halogens is 1. The molecule has 1 amide bonds. The minimum absolute atomic E-state index is 0.0347. The number of carbonyl (C=O) groups excluding carboxylic acids is 1. The molecule has 1 fully saturated rings. The molecule has 0 atom stereocenters. The smallest absolute Gasteiger partial charge is 0.255 e. The molecule has 0 aromatic heterocycles. The van der Waals surface area contributed by atoms with Crippen LogP contribution in [-0.4, -0.2) is 61.1 Å². The molecule has 0 radical (unpaired) electrons. The van der Waals surface area contributed by atoms with Crippen LogP contribution in [0.1, 0.15) is 10.4 Å². The van der Waals surface area contributed by atoms with E-state index < -0.39 is 10.0 Å². The molecule has 0 unspecified atom stereocenters. The first kappa shape index (κ1) is 15.1. The van der Waals surface area contributed by atoms with E-state index >= 15 is 0 Å². The van der Waals surface area contributed by atoms with Crippen LogP contribution < -0.4 is 0 Å². The molecular weight excluding hydrogens is 304 g/mol. The van der Waals surface area contributed by atoms with Crippen LogP contribution in [-0.2, 0) is 10.0 Å². The lowest BCUT2D eigenvalue weighted by molar-refractivity contribution is 0.0698. The third kappa shape index (κ3) is 3.23. The molecule has 1 aliphatic heterocycles. The number of hydrogen-bond donors (Lipinski definition) is 1. The number of phenolic OH excluding ortho intramolecular Hbond substituents is 1. The lowest BCUT2D eigenvalue weighted by Gasteiger charge is -2.33. The molecule has 1 aromatic rings. The normalized spacial score (nSPS) is 17.2. The second-order valence-corrected chi connectivity index (χ2v) is 7.01. The van der Waals surface area contributed by atoms with Crippen LogP contribution in [0.4, 0.5) is 0 Å². The van der Waals surface area contributed by atoms with Crippen molar-refractivity contribution in [1.82, 2.24) is 9.21 Å². The summed E-state index contributed by atoms with van der Waals surface area (Å²) in [4.78, 5) is 13.8. The van der Waals surface area contributed by atoms with Gasteiger partial charge in [-0.25, -0.2) is 8.42 Å². The number of aromatic hydroxyl groups is 1. The second kappa shape index (κ2) is 5.59. The van der Waals surface area contributed by atoms with Crippen LogP contribution in [0.25, 0.3) is 0 Å². The zero-order chi connectivity index (χ0) is 14.9. The fourth-order valence-electron chi connectivity index (χ4n) is 2.07. The van der Waals surface area contributed by atoms with Gasteiger partial charge in [0, 0.05) is 26.2 Å². The first-order valence-corrected chi connectivity index (χ1v) is 8.24. The standard InChI is InChI=1S/C12H15ClN2O4S/c1-20(18,19)15-6-4-14(5-7-15)12(17)10-8-9(16)2-3-11(10)13/h2-3,8,16H,4-7H2,1H3. The summed E-state index contributed by atoms with van der Waals surface area (Å²) in [7, 11) is -3.23. The first-order chi connectivity index (χ1) is 9.29. The molecule has 1 N–H and O–H groups in total. The highest BCUT2D eigenvalue weighted by atomic mass is 35.5. The summed E-state index contributed by atoms with van der Waals surface area (Å²) in [5.74, 6) is -0.341. The first-order valence-electron chi connectivity index (χ1n) is 6.02. The van der Waals surface area contributed by atoms with Crippen LogP contribution in [0.3, 0.4) is 0 Å². The number of amides is 1. The molecule has 8 heteroatoms. The van der Waals surface area contributed by atoms with Gasteiger partial charge in [0.25, 0.3) is 5.91 Å². The van der Waals surface area contributed by atoms with E-state index in [9.17, 15) is 18.3 Å². The molecule has 2 rings (SSSR count). The van der Waals surface area contributed by atoms with Crippen LogP contribution in [0.2, 0.25) is 5.02 Å². The van der Waals surface area contributed by atoms with Gasteiger partial charge in [0.2, 0.25) is 10.0 Å². The van der Waals surface area contributed by atoms with Crippen molar-refractivity contribution in [3.63, 3.8) is 0 Å². The molecule has 6 nitrogen and oxygen atoms in total. The van der Waals surface area contributed by atoms with Crippen molar-refractivity contribution in [3.05, 3.63) is 28.8 Å². The Balaban J connectivity index is 2.11. The van der Waals surface area contributed by atoms with Crippen LogP contribution in [0, 0.1) is 0 Å². The summed E-state index contributed by atoms with van der Waals surface area (Å²) in [6.45, 7) is 1.14. The Bertz CT molecular complexity index is 624. The average molecular weight is 319 g/mol. The SMILES string of the molecule is CS(=O)(=O)N1CCN(C(=O)c2cc(O)ccc2Cl)CC1. The van der Waals surface area contributed by atoms with Gasteiger partial charge in [0.1, 0.15) is 5.75 Å². The Morgan fingerprint density at radius 2 is 1.85 bits per heavy atom. The van der Waals surface area contributed by atoms with Gasteiger partial charge in [0.05, 0.1) is 16.8 Å². The van der Waals surface area contributed by atoms with Gasteiger partial charge >= 0.3 is 0 Å². The van der Waals surface area contributed by atoms with Crippen molar-refractivity contribution in [2.75, 3.05) is 32.4 Å². The Morgan fingerprint density at radius 1 is 1.25 bits per heavy atom. The number of benzene rings is 1. The lowest BCUT2D eigenvalue weighted by atomic mass is 10.1. The van der Waals surface area contributed by atoms with Crippen LogP contribution >= 0.6 is 11.6 Å². The largest absolute Gasteiger partial charge is 0.508 e. The van der Waals surface area contributed by atoms with E-state index in [2.05, 4.69) is 0 Å². The number of piperazine rings is 1. The zero-order valence-electron chi connectivity index (χ0n) is 10.9. The van der Waals surface area contributed by atoms with Gasteiger partial charge in [-0.3, -0.25) is 4.79 Å². The van der Waals surface area contributed by atoms with E-state index in [0.29, 0.717) is 13.1 Å². The molecular formula is C12H15ClN2O4S. The summed E-state index contributed by atoms with van der Waals surface area (Å²) in [5.41, 5.74) is 0.222. The summed E-state index contributed by atoms with van der Waals surface area (Å²) >= 11 is 5.95. The predicted molar refractivity (Wildman–Crippen MR) is 75.4 cm³/mol. The third-order valence-electron chi connectivity index (χ3n) is 3.18. The monoisotopic (exact) mass is 318 g/mol. The molecule has 1 aliphatic rings. The number of sulfonamides is 1. The van der Waals surface area contributed by atoms with E-state index in [1.165, 1.54) is 27.4 Å². The molecule has 0 spiro atoms. The van der Waals surface area contributed by atoms with Gasteiger partial charge < -0.3 is 10.0 Å². The lowest BCUT2D eigenvalue weighted by Crippen LogP contribution is -2.50. The molecule has 0 aliphatic carbocycles. The Kier molecular flexibility index (Phi) is 4.22. The van der Waals surface area contributed by atoms with Gasteiger partial charge in [-0.1, -0.05) is 11.6 Å². The van der Waals surface area contributed by atoms with E-state index in [-0.39, 0.29) is 35.3 Å². The second-order valence-electron chi connectivity index (χ2n) is 4.62. The Labute approximate surface area is 122 Å².